The summed E-state index contributed by atoms with van der Waals surface area (Å²) in [7, 11) is 0. The van der Waals surface area contributed by atoms with Crippen LogP contribution in [0.5, 0.6) is 0 Å². The standard InChI is InChI=1S/C14H20N2O/c1-14(2,10-17)9-15-8-11-3-4-13-12(7-11)5-6-16-13/h3-7,15-17H,8-10H2,1-2H3. The number of rotatable bonds is 5. The van der Waals surface area contributed by atoms with E-state index in [2.05, 4.69) is 48.4 Å². The first kappa shape index (κ1) is 12.1. The molecule has 0 aliphatic carbocycles. The van der Waals surface area contributed by atoms with Crippen molar-refractivity contribution in [3.05, 3.63) is 36.0 Å². The topological polar surface area (TPSA) is 48.0 Å². The van der Waals surface area contributed by atoms with Crippen LogP contribution in [0.2, 0.25) is 0 Å². The third kappa shape index (κ3) is 3.08. The van der Waals surface area contributed by atoms with Gasteiger partial charge in [-0.15, -0.1) is 0 Å². The Balaban J connectivity index is 1.95. The summed E-state index contributed by atoms with van der Waals surface area (Å²) in [4.78, 5) is 3.18. The van der Waals surface area contributed by atoms with Crippen molar-refractivity contribution in [2.45, 2.75) is 20.4 Å². The highest BCUT2D eigenvalue weighted by molar-refractivity contribution is 5.79. The maximum Gasteiger partial charge on any atom is 0.0494 e. The predicted octanol–water partition coefficient (Wildman–Crippen LogP) is 2.28. The summed E-state index contributed by atoms with van der Waals surface area (Å²) in [5, 5.41) is 13.8. The Hall–Kier alpha value is -1.32. The van der Waals surface area contributed by atoms with Crippen LogP contribution in [-0.2, 0) is 6.54 Å². The van der Waals surface area contributed by atoms with Crippen LogP contribution in [0.3, 0.4) is 0 Å². The molecule has 2 aromatic rings. The highest BCUT2D eigenvalue weighted by Crippen LogP contribution is 2.15. The van der Waals surface area contributed by atoms with Crippen LogP contribution in [0.25, 0.3) is 10.9 Å². The molecule has 17 heavy (non-hydrogen) atoms. The van der Waals surface area contributed by atoms with Crippen LogP contribution >= 0.6 is 0 Å². The molecular formula is C14H20N2O. The summed E-state index contributed by atoms with van der Waals surface area (Å²) < 4.78 is 0. The first-order chi connectivity index (χ1) is 8.11. The highest BCUT2D eigenvalue weighted by atomic mass is 16.3. The van der Waals surface area contributed by atoms with Crippen LogP contribution < -0.4 is 5.32 Å². The van der Waals surface area contributed by atoms with E-state index in [9.17, 15) is 0 Å². The molecule has 3 N–H and O–H groups in total. The molecule has 0 bridgehead atoms. The summed E-state index contributed by atoms with van der Waals surface area (Å²) in [5.74, 6) is 0. The van der Waals surface area contributed by atoms with Gasteiger partial charge in [0.1, 0.15) is 0 Å². The number of aliphatic hydroxyl groups is 1. The Kier molecular flexibility index (Phi) is 3.50. The van der Waals surface area contributed by atoms with Gasteiger partial charge in [-0.05, 0) is 29.1 Å². The maximum atomic E-state index is 9.16. The molecule has 0 amide bonds. The van der Waals surface area contributed by atoms with Gasteiger partial charge in [0.05, 0.1) is 0 Å². The van der Waals surface area contributed by atoms with E-state index in [1.54, 1.807) is 0 Å². The van der Waals surface area contributed by atoms with Crippen LogP contribution in [0, 0.1) is 5.41 Å². The second-order valence-electron chi connectivity index (χ2n) is 5.33. The van der Waals surface area contributed by atoms with Crippen molar-refractivity contribution in [2.75, 3.05) is 13.2 Å². The van der Waals surface area contributed by atoms with Crippen LogP contribution in [-0.4, -0.2) is 23.2 Å². The lowest BCUT2D eigenvalue weighted by Crippen LogP contribution is -2.31. The Morgan fingerprint density at radius 2 is 2.12 bits per heavy atom. The van der Waals surface area contributed by atoms with E-state index in [-0.39, 0.29) is 12.0 Å². The van der Waals surface area contributed by atoms with Gasteiger partial charge >= 0.3 is 0 Å². The molecule has 0 atom stereocenters. The van der Waals surface area contributed by atoms with Gasteiger partial charge in [0.25, 0.3) is 0 Å². The molecule has 0 aliphatic rings. The lowest BCUT2D eigenvalue weighted by molar-refractivity contribution is 0.156. The average molecular weight is 232 g/mol. The van der Waals surface area contributed by atoms with Gasteiger partial charge in [0.15, 0.2) is 0 Å². The Morgan fingerprint density at radius 1 is 1.29 bits per heavy atom. The molecule has 1 aromatic heterocycles. The molecule has 0 spiro atoms. The number of aromatic nitrogens is 1. The van der Waals surface area contributed by atoms with Crippen molar-refractivity contribution in [3.63, 3.8) is 0 Å². The fourth-order valence-electron chi connectivity index (χ4n) is 1.81. The van der Waals surface area contributed by atoms with Crippen molar-refractivity contribution < 1.29 is 5.11 Å². The van der Waals surface area contributed by atoms with Gasteiger partial charge in [-0.2, -0.15) is 0 Å². The summed E-state index contributed by atoms with van der Waals surface area (Å²) in [6.07, 6.45) is 1.96. The normalized spacial score (nSPS) is 12.2. The third-order valence-electron chi connectivity index (χ3n) is 2.98. The zero-order chi connectivity index (χ0) is 12.3. The number of aliphatic hydroxyl groups excluding tert-OH is 1. The summed E-state index contributed by atoms with van der Waals surface area (Å²) in [6, 6.07) is 8.49. The van der Waals surface area contributed by atoms with Gasteiger partial charge < -0.3 is 15.4 Å². The van der Waals surface area contributed by atoms with Crippen molar-refractivity contribution in [1.82, 2.24) is 10.3 Å². The fourth-order valence-corrected chi connectivity index (χ4v) is 1.81. The summed E-state index contributed by atoms with van der Waals surface area (Å²) in [6.45, 7) is 5.96. The first-order valence-corrected chi connectivity index (χ1v) is 5.98. The minimum atomic E-state index is -0.0574. The molecule has 0 saturated heterocycles. The number of nitrogens with one attached hydrogen (secondary N) is 2. The van der Waals surface area contributed by atoms with E-state index in [4.69, 9.17) is 5.11 Å². The zero-order valence-electron chi connectivity index (χ0n) is 10.5. The van der Waals surface area contributed by atoms with E-state index in [0.717, 1.165) is 13.1 Å². The molecule has 1 heterocycles. The van der Waals surface area contributed by atoms with Crippen molar-refractivity contribution >= 4 is 10.9 Å². The molecule has 0 radical (unpaired) electrons. The quantitative estimate of drug-likeness (QED) is 0.740. The first-order valence-electron chi connectivity index (χ1n) is 5.98. The Morgan fingerprint density at radius 3 is 2.88 bits per heavy atom. The number of hydrogen-bond donors (Lipinski definition) is 3. The molecular weight excluding hydrogens is 212 g/mol. The fraction of sp³-hybridized carbons (Fsp3) is 0.429. The van der Waals surface area contributed by atoms with Gasteiger partial charge in [0, 0.05) is 36.8 Å². The number of hydrogen-bond acceptors (Lipinski definition) is 2. The molecule has 1 aromatic carbocycles. The number of aromatic amines is 1. The van der Waals surface area contributed by atoms with Crippen LogP contribution in [0.15, 0.2) is 30.5 Å². The van der Waals surface area contributed by atoms with E-state index in [1.165, 1.54) is 16.5 Å². The molecule has 92 valence electrons. The van der Waals surface area contributed by atoms with E-state index >= 15 is 0 Å². The van der Waals surface area contributed by atoms with E-state index in [1.807, 2.05) is 6.20 Å². The van der Waals surface area contributed by atoms with Crippen LogP contribution in [0.1, 0.15) is 19.4 Å². The molecule has 0 saturated carbocycles. The number of fused-ring (bicyclic) bond motifs is 1. The number of H-pyrrole nitrogens is 1. The lowest BCUT2D eigenvalue weighted by atomic mass is 9.95. The van der Waals surface area contributed by atoms with Crippen molar-refractivity contribution in [1.29, 1.82) is 0 Å². The van der Waals surface area contributed by atoms with Crippen LogP contribution in [0.4, 0.5) is 0 Å². The molecule has 3 nitrogen and oxygen atoms in total. The van der Waals surface area contributed by atoms with E-state index < -0.39 is 0 Å². The zero-order valence-corrected chi connectivity index (χ0v) is 10.5. The minimum Gasteiger partial charge on any atom is -0.396 e. The molecule has 3 heteroatoms. The van der Waals surface area contributed by atoms with Gasteiger partial charge in [0.2, 0.25) is 0 Å². The largest absolute Gasteiger partial charge is 0.396 e. The highest BCUT2D eigenvalue weighted by Gasteiger charge is 2.15. The Bertz CT molecular complexity index is 488. The lowest BCUT2D eigenvalue weighted by Gasteiger charge is -2.21. The smallest absolute Gasteiger partial charge is 0.0494 e. The predicted molar refractivity (Wildman–Crippen MR) is 70.9 cm³/mol. The molecule has 2 rings (SSSR count). The van der Waals surface area contributed by atoms with Crippen molar-refractivity contribution in [2.24, 2.45) is 5.41 Å². The SMILES string of the molecule is CC(C)(CO)CNCc1ccc2[nH]ccc2c1. The second kappa shape index (κ2) is 4.90. The number of benzene rings is 1. The maximum absolute atomic E-state index is 9.16. The van der Waals surface area contributed by atoms with Gasteiger partial charge in [-0.3, -0.25) is 0 Å². The molecule has 0 aliphatic heterocycles. The van der Waals surface area contributed by atoms with Gasteiger partial charge in [-0.25, -0.2) is 0 Å². The van der Waals surface area contributed by atoms with Gasteiger partial charge in [-0.1, -0.05) is 19.9 Å². The third-order valence-corrected chi connectivity index (χ3v) is 2.98. The summed E-state index contributed by atoms with van der Waals surface area (Å²) >= 11 is 0. The van der Waals surface area contributed by atoms with E-state index in [0.29, 0.717) is 0 Å². The van der Waals surface area contributed by atoms with Crippen molar-refractivity contribution in [3.8, 4) is 0 Å². The second-order valence-corrected chi connectivity index (χ2v) is 5.33. The molecule has 0 fully saturated rings. The monoisotopic (exact) mass is 232 g/mol. The minimum absolute atomic E-state index is 0.0574. The summed E-state index contributed by atoms with van der Waals surface area (Å²) in [5.41, 5.74) is 2.38. The molecule has 0 unspecified atom stereocenters. The average Bonchev–Trinajstić information content (AvgIpc) is 2.76. The Labute approximate surface area is 102 Å².